The molecule has 2 aromatic carbocycles. The van der Waals surface area contributed by atoms with Gasteiger partial charge in [0, 0.05) is 25.3 Å². The van der Waals surface area contributed by atoms with Crippen LogP contribution in [-0.4, -0.2) is 58.3 Å². The van der Waals surface area contributed by atoms with Crippen LogP contribution in [0.25, 0.3) is 10.2 Å². The van der Waals surface area contributed by atoms with Gasteiger partial charge >= 0.3 is 0 Å². The average Bonchev–Trinajstić information content (AvgIpc) is 3.19. The van der Waals surface area contributed by atoms with Gasteiger partial charge in [0.2, 0.25) is 0 Å². The van der Waals surface area contributed by atoms with E-state index in [1.54, 1.807) is 7.11 Å². The highest BCUT2D eigenvalue weighted by Crippen LogP contribution is 2.32. The number of benzene rings is 2. The van der Waals surface area contributed by atoms with Crippen molar-refractivity contribution in [3.8, 4) is 5.75 Å². The van der Waals surface area contributed by atoms with Crippen molar-refractivity contribution >= 4 is 38.3 Å². The van der Waals surface area contributed by atoms with Crippen molar-refractivity contribution in [3.63, 3.8) is 0 Å². The average molecular weight is 428 g/mol. The van der Waals surface area contributed by atoms with Crippen LogP contribution in [0, 0.1) is 0 Å². The Morgan fingerprint density at radius 1 is 1.10 bits per heavy atom. The first-order valence-electron chi connectivity index (χ1n) is 10.3. The number of nitrogens with zero attached hydrogens (tertiary/aromatic N) is 3. The van der Waals surface area contributed by atoms with Gasteiger partial charge in [0.25, 0.3) is 5.91 Å². The summed E-state index contributed by atoms with van der Waals surface area (Å²) in [7, 11) is 5.64. The number of ether oxygens (including phenoxy) is 1. The van der Waals surface area contributed by atoms with Gasteiger partial charge in [0.05, 0.1) is 43.5 Å². The molecule has 0 unspecified atom stereocenters. The first kappa shape index (κ1) is 22.1. The van der Waals surface area contributed by atoms with Crippen molar-refractivity contribution in [1.29, 1.82) is 0 Å². The fourth-order valence-corrected chi connectivity index (χ4v) is 4.37. The Bertz CT molecular complexity index is 981. The zero-order valence-corrected chi connectivity index (χ0v) is 19.3. The van der Waals surface area contributed by atoms with Crippen LogP contribution in [0.1, 0.15) is 24.2 Å². The molecule has 30 heavy (non-hydrogen) atoms. The SMILES string of the molecule is CC[NH+](CC)CCN(C(=O)c1ccc(N(C)C)cc1)c1nc2ccc(OC)cc2s1. The molecular formula is C23H31N4O2S+. The van der Waals surface area contributed by atoms with Gasteiger partial charge in [-0.25, -0.2) is 4.98 Å². The van der Waals surface area contributed by atoms with E-state index in [4.69, 9.17) is 9.72 Å². The Morgan fingerprint density at radius 3 is 2.40 bits per heavy atom. The number of likely N-dealkylation sites (N-methyl/N-ethyl adjacent to an activating group) is 1. The lowest BCUT2D eigenvalue weighted by molar-refractivity contribution is -0.894. The van der Waals surface area contributed by atoms with Crippen LogP contribution in [0.5, 0.6) is 5.75 Å². The molecule has 1 aromatic heterocycles. The highest BCUT2D eigenvalue weighted by atomic mass is 32.1. The number of amides is 1. The van der Waals surface area contributed by atoms with Crippen LogP contribution in [-0.2, 0) is 0 Å². The third-order valence-electron chi connectivity index (χ3n) is 5.38. The number of fused-ring (bicyclic) bond motifs is 1. The summed E-state index contributed by atoms with van der Waals surface area (Å²) in [6.45, 7) is 7.93. The summed E-state index contributed by atoms with van der Waals surface area (Å²) < 4.78 is 6.35. The number of hydrogen-bond acceptors (Lipinski definition) is 5. The predicted molar refractivity (Wildman–Crippen MR) is 126 cm³/mol. The fraction of sp³-hybridized carbons (Fsp3) is 0.391. The van der Waals surface area contributed by atoms with Crippen LogP contribution in [0.3, 0.4) is 0 Å². The molecular weight excluding hydrogens is 396 g/mol. The smallest absolute Gasteiger partial charge is 0.260 e. The maximum atomic E-state index is 13.5. The van der Waals surface area contributed by atoms with E-state index in [1.165, 1.54) is 16.2 Å². The van der Waals surface area contributed by atoms with Crippen LogP contribution < -0.4 is 19.4 Å². The van der Waals surface area contributed by atoms with Gasteiger partial charge in [-0.15, -0.1) is 0 Å². The minimum atomic E-state index is -0.0158. The number of anilines is 2. The Labute approximate surface area is 182 Å². The third kappa shape index (κ3) is 4.91. The molecule has 160 valence electrons. The van der Waals surface area contributed by atoms with E-state index in [2.05, 4.69) is 13.8 Å². The number of rotatable bonds is 9. The Balaban J connectivity index is 1.94. The number of methoxy groups -OCH3 is 1. The molecule has 1 N–H and O–H groups in total. The van der Waals surface area contributed by atoms with E-state index in [0.717, 1.165) is 46.4 Å². The van der Waals surface area contributed by atoms with E-state index in [9.17, 15) is 4.79 Å². The van der Waals surface area contributed by atoms with Gasteiger partial charge in [-0.1, -0.05) is 11.3 Å². The first-order valence-corrected chi connectivity index (χ1v) is 11.2. The highest BCUT2D eigenvalue weighted by Gasteiger charge is 2.23. The van der Waals surface area contributed by atoms with Gasteiger partial charge in [-0.3, -0.25) is 9.69 Å². The molecule has 6 nitrogen and oxygen atoms in total. The number of aromatic nitrogens is 1. The second kappa shape index (κ2) is 9.91. The molecule has 0 aliphatic carbocycles. The number of carbonyl (C=O) groups excluding carboxylic acids is 1. The lowest BCUT2D eigenvalue weighted by Crippen LogP contribution is -3.12. The zero-order chi connectivity index (χ0) is 21.7. The number of hydrogen-bond donors (Lipinski definition) is 1. The maximum absolute atomic E-state index is 13.5. The van der Waals surface area contributed by atoms with Gasteiger partial charge in [0.1, 0.15) is 5.75 Å². The van der Waals surface area contributed by atoms with Crippen molar-refractivity contribution in [2.24, 2.45) is 0 Å². The fourth-order valence-electron chi connectivity index (χ4n) is 3.35. The van der Waals surface area contributed by atoms with Crippen molar-refractivity contribution in [2.45, 2.75) is 13.8 Å². The molecule has 3 rings (SSSR count). The molecule has 0 aliphatic rings. The van der Waals surface area contributed by atoms with Crippen LogP contribution in [0.4, 0.5) is 10.8 Å². The largest absolute Gasteiger partial charge is 0.497 e. The quantitative estimate of drug-likeness (QED) is 0.571. The van der Waals surface area contributed by atoms with E-state index < -0.39 is 0 Å². The normalized spacial score (nSPS) is 11.1. The molecule has 0 radical (unpaired) electrons. The lowest BCUT2D eigenvalue weighted by atomic mass is 10.1. The molecule has 0 bridgehead atoms. The van der Waals surface area contributed by atoms with Gasteiger partial charge in [-0.2, -0.15) is 0 Å². The summed E-state index contributed by atoms with van der Waals surface area (Å²) in [5, 5.41) is 0.728. The second-order valence-corrected chi connectivity index (χ2v) is 8.44. The summed E-state index contributed by atoms with van der Waals surface area (Å²) in [6, 6.07) is 13.6. The van der Waals surface area contributed by atoms with Gasteiger partial charge < -0.3 is 14.5 Å². The topological polar surface area (TPSA) is 50.1 Å². The predicted octanol–water partition coefficient (Wildman–Crippen LogP) is 2.94. The molecule has 7 heteroatoms. The lowest BCUT2D eigenvalue weighted by Gasteiger charge is -2.23. The third-order valence-corrected chi connectivity index (χ3v) is 6.42. The van der Waals surface area contributed by atoms with Crippen molar-refractivity contribution in [2.75, 3.05) is 57.2 Å². The van der Waals surface area contributed by atoms with Crippen LogP contribution >= 0.6 is 11.3 Å². The van der Waals surface area contributed by atoms with E-state index in [-0.39, 0.29) is 5.91 Å². The molecule has 0 fully saturated rings. The molecule has 1 amide bonds. The van der Waals surface area contributed by atoms with Crippen LogP contribution in [0.15, 0.2) is 42.5 Å². The number of thiazole rings is 1. The van der Waals surface area contributed by atoms with E-state index in [0.29, 0.717) is 12.1 Å². The minimum absolute atomic E-state index is 0.0158. The zero-order valence-electron chi connectivity index (χ0n) is 18.4. The van der Waals surface area contributed by atoms with E-state index in [1.807, 2.05) is 66.4 Å². The minimum Gasteiger partial charge on any atom is -0.497 e. The summed E-state index contributed by atoms with van der Waals surface area (Å²) in [6.07, 6.45) is 0. The molecule has 0 spiro atoms. The summed E-state index contributed by atoms with van der Waals surface area (Å²) in [4.78, 5) is 23.5. The molecule has 0 saturated heterocycles. The maximum Gasteiger partial charge on any atom is 0.260 e. The summed E-state index contributed by atoms with van der Waals surface area (Å²) in [5.41, 5.74) is 2.62. The standard InChI is InChI=1S/C23H30N4O2S/c1-6-26(7-2)14-15-27(22(28)17-8-10-18(11-9-17)25(3)4)23-24-20-13-12-19(29-5)16-21(20)30-23/h8-13,16H,6-7,14-15H2,1-5H3/p+1. The Kier molecular flexibility index (Phi) is 7.29. The van der Waals surface area contributed by atoms with Crippen molar-refractivity contribution in [3.05, 3.63) is 48.0 Å². The second-order valence-electron chi connectivity index (χ2n) is 7.44. The highest BCUT2D eigenvalue weighted by molar-refractivity contribution is 7.22. The number of quaternary nitrogens is 1. The van der Waals surface area contributed by atoms with Gasteiger partial charge in [0.15, 0.2) is 5.13 Å². The Hall–Kier alpha value is -2.64. The van der Waals surface area contributed by atoms with E-state index >= 15 is 0 Å². The molecule has 0 atom stereocenters. The molecule has 0 aliphatic heterocycles. The molecule has 3 aromatic rings. The molecule has 0 saturated carbocycles. The monoisotopic (exact) mass is 427 g/mol. The number of nitrogens with one attached hydrogen (secondary N) is 1. The molecule has 1 heterocycles. The van der Waals surface area contributed by atoms with Crippen molar-refractivity contribution in [1.82, 2.24) is 4.98 Å². The Morgan fingerprint density at radius 2 is 1.80 bits per heavy atom. The van der Waals surface area contributed by atoms with Crippen molar-refractivity contribution < 1.29 is 14.4 Å². The first-order chi connectivity index (χ1) is 14.5. The van der Waals surface area contributed by atoms with Gasteiger partial charge in [-0.05, 0) is 56.3 Å². The summed E-state index contributed by atoms with van der Waals surface area (Å²) in [5.74, 6) is 0.778. The number of carbonyl (C=O) groups is 1. The van der Waals surface area contributed by atoms with Crippen LogP contribution in [0.2, 0.25) is 0 Å². The summed E-state index contributed by atoms with van der Waals surface area (Å²) >= 11 is 1.53.